The van der Waals surface area contributed by atoms with Crippen LogP contribution in [0.1, 0.15) is 0 Å². The Morgan fingerprint density at radius 1 is 0.750 bits per heavy atom. The Hall–Kier alpha value is 0.460. The van der Waals surface area contributed by atoms with E-state index in [1.807, 2.05) is 0 Å². The Bertz CT molecular complexity index is 380. The largest absolute Gasteiger partial charge is 0.379 e. The zero-order valence-electron chi connectivity index (χ0n) is 14.6. The molecule has 4 fully saturated rings. The zero-order chi connectivity index (χ0) is 16.2. The number of ether oxygens (including phenoxy) is 1. The van der Waals surface area contributed by atoms with Crippen molar-refractivity contribution in [3.63, 3.8) is 0 Å². The molecular weight excluding hydrogens is 342 g/mol. The highest BCUT2D eigenvalue weighted by molar-refractivity contribution is 7.99. The molecule has 138 valence electrons. The monoisotopic (exact) mass is 373 g/mol. The van der Waals surface area contributed by atoms with Gasteiger partial charge in [-0.25, -0.2) is 10.0 Å². The Morgan fingerprint density at radius 2 is 1.42 bits per heavy atom. The van der Waals surface area contributed by atoms with Gasteiger partial charge in [0.2, 0.25) is 0 Å². The van der Waals surface area contributed by atoms with Gasteiger partial charge < -0.3 is 10.1 Å². The fourth-order valence-electron chi connectivity index (χ4n) is 4.43. The van der Waals surface area contributed by atoms with E-state index >= 15 is 0 Å². The third kappa shape index (κ3) is 3.49. The summed E-state index contributed by atoms with van der Waals surface area (Å²) in [6, 6.07) is 0. The van der Waals surface area contributed by atoms with Crippen LogP contribution < -0.4 is 5.32 Å². The summed E-state index contributed by atoms with van der Waals surface area (Å²) < 4.78 is 5.69. The number of piperazine rings is 1. The van der Waals surface area contributed by atoms with Gasteiger partial charge in [-0.2, -0.15) is 23.5 Å². The van der Waals surface area contributed by atoms with Crippen LogP contribution in [-0.4, -0.2) is 121 Å². The molecule has 4 heterocycles. The van der Waals surface area contributed by atoms with E-state index in [0.717, 1.165) is 52.5 Å². The van der Waals surface area contributed by atoms with Crippen LogP contribution >= 0.6 is 23.5 Å². The lowest BCUT2D eigenvalue weighted by molar-refractivity contribution is -0.248. The maximum Gasteiger partial charge on any atom is 0.153 e. The van der Waals surface area contributed by atoms with Crippen LogP contribution in [0.15, 0.2) is 0 Å². The second-order valence-electron chi connectivity index (χ2n) is 6.85. The molecule has 4 aliphatic heterocycles. The highest BCUT2D eigenvalue weighted by Gasteiger charge is 2.51. The molecule has 8 heteroatoms. The number of hydrogen-bond acceptors (Lipinski definition) is 8. The van der Waals surface area contributed by atoms with Crippen LogP contribution in [0, 0.1) is 0 Å². The fourth-order valence-corrected chi connectivity index (χ4v) is 6.55. The van der Waals surface area contributed by atoms with E-state index in [1.54, 1.807) is 0 Å². The predicted octanol–water partition coefficient (Wildman–Crippen LogP) is -0.110. The summed E-state index contributed by atoms with van der Waals surface area (Å²) >= 11 is 4.24. The summed E-state index contributed by atoms with van der Waals surface area (Å²) in [6.45, 7) is 12.0. The van der Waals surface area contributed by atoms with Gasteiger partial charge in [-0.15, -0.1) is 0 Å². The molecule has 0 bridgehead atoms. The Labute approximate surface area is 154 Å². The van der Waals surface area contributed by atoms with Crippen molar-refractivity contribution in [2.45, 2.75) is 5.79 Å². The first kappa shape index (κ1) is 17.9. The van der Waals surface area contributed by atoms with Crippen molar-refractivity contribution in [1.82, 2.24) is 25.1 Å². The van der Waals surface area contributed by atoms with Crippen LogP contribution in [0.5, 0.6) is 0 Å². The van der Waals surface area contributed by atoms with Crippen molar-refractivity contribution in [3.8, 4) is 0 Å². The van der Waals surface area contributed by atoms with E-state index in [1.165, 1.54) is 42.6 Å². The summed E-state index contributed by atoms with van der Waals surface area (Å²) in [5.74, 6) is 5.03. The molecule has 1 N–H and O–H groups in total. The van der Waals surface area contributed by atoms with Crippen LogP contribution in [0.4, 0.5) is 0 Å². The summed E-state index contributed by atoms with van der Waals surface area (Å²) in [4.78, 5) is 5.50. The minimum Gasteiger partial charge on any atom is -0.379 e. The maximum atomic E-state index is 5.69. The van der Waals surface area contributed by atoms with Gasteiger partial charge in [0.05, 0.1) is 13.2 Å². The van der Waals surface area contributed by atoms with Crippen molar-refractivity contribution in [1.29, 1.82) is 0 Å². The van der Waals surface area contributed by atoms with Gasteiger partial charge in [-0.05, 0) is 0 Å². The van der Waals surface area contributed by atoms with Gasteiger partial charge >= 0.3 is 0 Å². The molecule has 0 spiro atoms. The molecule has 24 heavy (non-hydrogen) atoms. The van der Waals surface area contributed by atoms with Crippen molar-refractivity contribution in [2.24, 2.45) is 0 Å². The van der Waals surface area contributed by atoms with Crippen LogP contribution in [-0.2, 0) is 4.74 Å². The van der Waals surface area contributed by atoms with Crippen molar-refractivity contribution >= 4 is 23.5 Å². The molecule has 1 unspecified atom stereocenters. The molecule has 0 aromatic heterocycles. The average molecular weight is 374 g/mol. The molecule has 0 aromatic rings. The Balaban J connectivity index is 1.64. The first-order chi connectivity index (χ1) is 11.9. The number of rotatable bonds is 3. The van der Waals surface area contributed by atoms with Gasteiger partial charge in [0.25, 0.3) is 0 Å². The Kier molecular flexibility index (Phi) is 6.27. The van der Waals surface area contributed by atoms with E-state index in [9.17, 15) is 0 Å². The highest BCUT2D eigenvalue weighted by atomic mass is 32.2. The second kappa shape index (κ2) is 8.43. The van der Waals surface area contributed by atoms with E-state index in [4.69, 9.17) is 4.74 Å². The van der Waals surface area contributed by atoms with E-state index in [-0.39, 0.29) is 5.79 Å². The third-order valence-corrected chi connectivity index (χ3v) is 7.63. The molecule has 4 saturated heterocycles. The minimum absolute atomic E-state index is 0.0524. The van der Waals surface area contributed by atoms with Crippen LogP contribution in [0.25, 0.3) is 0 Å². The summed E-state index contributed by atoms with van der Waals surface area (Å²) in [5.41, 5.74) is 0. The van der Waals surface area contributed by atoms with Gasteiger partial charge in [-0.1, -0.05) is 0 Å². The number of nitrogens with one attached hydrogen (secondary N) is 1. The fraction of sp³-hybridized carbons (Fsp3) is 1.00. The second-order valence-corrected chi connectivity index (χ2v) is 9.18. The molecule has 0 aliphatic carbocycles. The molecule has 0 amide bonds. The number of hydrogen-bond donors (Lipinski definition) is 1. The average Bonchev–Trinajstić information content (AvgIpc) is 2.70. The first-order valence-electron chi connectivity index (χ1n) is 9.38. The SMILES string of the molecule is C1CN(C2(N3CCOCC3)CSCCN2N2CCSCC2)CCN1. The molecule has 4 aliphatic rings. The van der Waals surface area contributed by atoms with Crippen molar-refractivity contribution in [2.75, 3.05) is 95.1 Å². The van der Waals surface area contributed by atoms with Crippen LogP contribution in [0.3, 0.4) is 0 Å². The third-order valence-electron chi connectivity index (χ3n) is 5.63. The molecule has 4 rings (SSSR count). The minimum atomic E-state index is 0.0524. The lowest BCUT2D eigenvalue weighted by Gasteiger charge is -2.62. The topological polar surface area (TPSA) is 34.2 Å². The first-order valence-corrected chi connectivity index (χ1v) is 11.7. The van der Waals surface area contributed by atoms with E-state index in [0.29, 0.717) is 0 Å². The van der Waals surface area contributed by atoms with Gasteiger partial charge in [0.15, 0.2) is 5.79 Å². The number of thioether (sulfide) groups is 2. The molecule has 0 aromatic carbocycles. The molecular formula is C16H31N5OS2. The van der Waals surface area contributed by atoms with E-state index < -0.39 is 0 Å². The smallest absolute Gasteiger partial charge is 0.153 e. The van der Waals surface area contributed by atoms with Crippen LogP contribution in [0.2, 0.25) is 0 Å². The molecule has 0 radical (unpaired) electrons. The molecule has 6 nitrogen and oxygen atoms in total. The normalized spacial score (nSPS) is 36.0. The summed E-state index contributed by atoms with van der Waals surface area (Å²) in [5, 5.41) is 8.98. The van der Waals surface area contributed by atoms with Gasteiger partial charge in [0, 0.05) is 81.9 Å². The summed E-state index contributed by atoms with van der Waals surface area (Å²) in [6.07, 6.45) is 0. The molecule has 1 atom stereocenters. The predicted molar refractivity (Wildman–Crippen MR) is 102 cm³/mol. The Morgan fingerprint density at radius 3 is 2.17 bits per heavy atom. The van der Waals surface area contributed by atoms with Gasteiger partial charge in [0.1, 0.15) is 0 Å². The lowest BCUT2D eigenvalue weighted by atomic mass is 10.1. The number of morpholine rings is 1. The zero-order valence-corrected chi connectivity index (χ0v) is 16.3. The number of hydrazine groups is 1. The standard InChI is InChI=1S/C16H31N5OS2/c1-3-18(4-2-17-1)16(19-5-10-22-11-6-19)15-24-14-9-21(16)20-7-12-23-13-8-20/h17H,1-15H2. The van der Waals surface area contributed by atoms with Gasteiger partial charge in [-0.3, -0.25) is 9.80 Å². The quantitative estimate of drug-likeness (QED) is 0.734. The highest BCUT2D eigenvalue weighted by Crippen LogP contribution is 2.36. The lowest BCUT2D eigenvalue weighted by Crippen LogP contribution is -2.79. The maximum absolute atomic E-state index is 5.69. The van der Waals surface area contributed by atoms with E-state index in [2.05, 4.69) is 48.7 Å². The van der Waals surface area contributed by atoms with Crippen molar-refractivity contribution < 1.29 is 4.74 Å². The van der Waals surface area contributed by atoms with Crippen molar-refractivity contribution in [3.05, 3.63) is 0 Å². The summed E-state index contributed by atoms with van der Waals surface area (Å²) in [7, 11) is 0. The number of nitrogens with zero attached hydrogens (tertiary/aromatic N) is 4. The molecule has 0 saturated carbocycles.